The summed E-state index contributed by atoms with van der Waals surface area (Å²) in [5.41, 5.74) is 0. The van der Waals surface area contributed by atoms with Crippen molar-refractivity contribution < 1.29 is 16.8 Å². The highest BCUT2D eigenvalue weighted by Gasteiger charge is 2.38. The molecule has 0 N–H and O–H groups in total. The summed E-state index contributed by atoms with van der Waals surface area (Å²) in [6.45, 7) is 3.17. The molecule has 0 saturated carbocycles. The van der Waals surface area contributed by atoms with Gasteiger partial charge in [0.1, 0.15) is 0 Å². The molecule has 0 spiro atoms. The first-order chi connectivity index (χ1) is 5.76. The van der Waals surface area contributed by atoms with E-state index in [2.05, 4.69) is 0 Å². The van der Waals surface area contributed by atoms with Gasteiger partial charge in [0.2, 0.25) is 0 Å². The molecular weight excluding hydrogens is 212 g/mol. The molecule has 0 bridgehead atoms. The molecule has 1 heterocycles. The van der Waals surface area contributed by atoms with Crippen LogP contribution < -0.4 is 0 Å². The number of sulfone groups is 2. The van der Waals surface area contributed by atoms with E-state index < -0.39 is 30.2 Å². The molecule has 0 aromatic heterocycles. The SMILES string of the molecule is CC(C)S(=O)(=O)C1CCS(=O)(=O)C1. The van der Waals surface area contributed by atoms with Gasteiger partial charge >= 0.3 is 0 Å². The van der Waals surface area contributed by atoms with Gasteiger partial charge in [-0.2, -0.15) is 0 Å². The summed E-state index contributed by atoms with van der Waals surface area (Å²) >= 11 is 0. The zero-order valence-corrected chi connectivity index (χ0v) is 9.36. The summed E-state index contributed by atoms with van der Waals surface area (Å²) in [4.78, 5) is 0. The molecule has 1 fully saturated rings. The lowest BCUT2D eigenvalue weighted by molar-refractivity contribution is 0.574. The Hall–Kier alpha value is -0.100. The van der Waals surface area contributed by atoms with E-state index in [0.29, 0.717) is 0 Å². The Morgan fingerprint density at radius 3 is 2.15 bits per heavy atom. The lowest BCUT2D eigenvalue weighted by Gasteiger charge is -2.12. The van der Waals surface area contributed by atoms with Crippen LogP contribution in [0.1, 0.15) is 20.3 Å². The minimum atomic E-state index is -3.23. The molecule has 0 amide bonds. The molecule has 1 rings (SSSR count). The lowest BCUT2D eigenvalue weighted by Crippen LogP contribution is -2.29. The highest BCUT2D eigenvalue weighted by atomic mass is 32.2. The fourth-order valence-corrected chi connectivity index (χ4v) is 5.69. The van der Waals surface area contributed by atoms with Crippen LogP contribution in [0.4, 0.5) is 0 Å². The monoisotopic (exact) mass is 226 g/mol. The molecule has 0 aliphatic carbocycles. The average Bonchev–Trinajstić information content (AvgIpc) is 2.30. The van der Waals surface area contributed by atoms with Gasteiger partial charge in [0.15, 0.2) is 19.7 Å². The largest absolute Gasteiger partial charge is 0.229 e. The third-order valence-electron chi connectivity index (χ3n) is 2.31. The van der Waals surface area contributed by atoms with Crippen molar-refractivity contribution in [3.05, 3.63) is 0 Å². The third kappa shape index (κ3) is 2.22. The summed E-state index contributed by atoms with van der Waals surface area (Å²) in [5.74, 6) is -0.170. The highest BCUT2D eigenvalue weighted by molar-refractivity contribution is 7.96. The minimum absolute atomic E-state index is 0.0175. The summed E-state index contributed by atoms with van der Waals surface area (Å²) in [6, 6.07) is 0. The molecule has 0 aromatic rings. The van der Waals surface area contributed by atoms with E-state index >= 15 is 0 Å². The van der Waals surface area contributed by atoms with Crippen LogP contribution in [0.3, 0.4) is 0 Å². The van der Waals surface area contributed by atoms with Crippen LogP contribution >= 0.6 is 0 Å². The van der Waals surface area contributed by atoms with Crippen molar-refractivity contribution in [1.29, 1.82) is 0 Å². The Labute approximate surface area is 79.2 Å². The van der Waals surface area contributed by atoms with Crippen molar-refractivity contribution in [2.75, 3.05) is 11.5 Å². The van der Waals surface area contributed by atoms with E-state index in [1.807, 2.05) is 0 Å². The van der Waals surface area contributed by atoms with Crippen LogP contribution in [0, 0.1) is 0 Å². The van der Waals surface area contributed by atoms with Crippen LogP contribution in [0.2, 0.25) is 0 Å². The first-order valence-corrected chi connectivity index (χ1v) is 7.62. The average molecular weight is 226 g/mol. The smallest absolute Gasteiger partial charge is 0.156 e. The molecule has 1 aliphatic heterocycles. The van der Waals surface area contributed by atoms with Crippen molar-refractivity contribution in [1.82, 2.24) is 0 Å². The van der Waals surface area contributed by atoms with E-state index in [9.17, 15) is 16.8 Å². The number of hydrogen-bond acceptors (Lipinski definition) is 4. The normalized spacial score (nSPS) is 28.1. The van der Waals surface area contributed by atoms with E-state index in [0.717, 1.165) is 0 Å². The topological polar surface area (TPSA) is 68.3 Å². The van der Waals surface area contributed by atoms with E-state index in [-0.39, 0.29) is 17.9 Å². The second-order valence-corrected chi connectivity index (χ2v) is 8.68. The first-order valence-electron chi connectivity index (χ1n) is 4.19. The van der Waals surface area contributed by atoms with E-state index in [1.54, 1.807) is 13.8 Å². The Bertz CT molecular complexity index is 377. The quantitative estimate of drug-likeness (QED) is 0.664. The van der Waals surface area contributed by atoms with Crippen molar-refractivity contribution >= 4 is 19.7 Å². The zero-order valence-electron chi connectivity index (χ0n) is 7.73. The maximum absolute atomic E-state index is 11.6. The third-order valence-corrected chi connectivity index (χ3v) is 6.94. The molecule has 4 nitrogen and oxygen atoms in total. The molecule has 0 aromatic carbocycles. The number of rotatable bonds is 2. The summed E-state index contributed by atoms with van der Waals surface area (Å²) < 4.78 is 45.2. The van der Waals surface area contributed by atoms with Crippen molar-refractivity contribution in [2.24, 2.45) is 0 Å². The Morgan fingerprint density at radius 2 is 1.85 bits per heavy atom. The summed E-state index contributed by atoms with van der Waals surface area (Å²) in [6.07, 6.45) is 0.267. The molecule has 1 unspecified atom stereocenters. The predicted molar refractivity (Wildman–Crippen MR) is 51.1 cm³/mol. The predicted octanol–water partition coefficient (Wildman–Crippen LogP) is -0.00330. The van der Waals surface area contributed by atoms with Gasteiger partial charge in [-0.25, -0.2) is 16.8 Å². The molecule has 78 valence electrons. The van der Waals surface area contributed by atoms with Gasteiger partial charge in [0.25, 0.3) is 0 Å². The molecule has 1 aliphatic rings. The maximum atomic E-state index is 11.6. The van der Waals surface area contributed by atoms with Crippen LogP contribution in [0.25, 0.3) is 0 Å². The molecule has 13 heavy (non-hydrogen) atoms. The minimum Gasteiger partial charge on any atom is -0.229 e. The molecule has 0 radical (unpaired) electrons. The molecule has 1 saturated heterocycles. The Balaban J connectivity index is 2.90. The fraction of sp³-hybridized carbons (Fsp3) is 1.00. The van der Waals surface area contributed by atoms with Gasteiger partial charge in [-0.3, -0.25) is 0 Å². The van der Waals surface area contributed by atoms with E-state index in [1.165, 1.54) is 0 Å². The van der Waals surface area contributed by atoms with Gasteiger partial charge in [0.05, 0.1) is 22.0 Å². The molecular formula is C7H14O4S2. The second kappa shape index (κ2) is 3.24. The fourth-order valence-electron chi connectivity index (χ4n) is 1.40. The molecule has 1 atom stereocenters. The van der Waals surface area contributed by atoms with Crippen LogP contribution in [0.5, 0.6) is 0 Å². The standard InChI is InChI=1S/C7H14O4S2/c1-6(2)13(10,11)7-3-4-12(8,9)5-7/h6-7H,3-5H2,1-2H3. The summed E-state index contributed by atoms with van der Waals surface area (Å²) in [7, 11) is -6.32. The van der Waals surface area contributed by atoms with Gasteiger partial charge in [-0.1, -0.05) is 0 Å². The van der Waals surface area contributed by atoms with Gasteiger partial charge < -0.3 is 0 Å². The van der Waals surface area contributed by atoms with Gasteiger partial charge in [0, 0.05) is 0 Å². The zero-order chi connectivity index (χ0) is 10.3. The van der Waals surface area contributed by atoms with Gasteiger partial charge in [-0.15, -0.1) is 0 Å². The molecule has 6 heteroatoms. The first kappa shape index (κ1) is 11.0. The van der Waals surface area contributed by atoms with Crippen LogP contribution in [-0.4, -0.2) is 38.8 Å². The lowest BCUT2D eigenvalue weighted by atomic mass is 10.4. The Morgan fingerprint density at radius 1 is 1.31 bits per heavy atom. The Kier molecular flexibility index (Phi) is 2.73. The summed E-state index contributed by atoms with van der Waals surface area (Å²) in [5, 5.41) is -1.15. The van der Waals surface area contributed by atoms with Crippen LogP contribution in [0.15, 0.2) is 0 Å². The highest BCUT2D eigenvalue weighted by Crippen LogP contribution is 2.21. The van der Waals surface area contributed by atoms with Crippen molar-refractivity contribution in [3.8, 4) is 0 Å². The maximum Gasteiger partial charge on any atom is 0.156 e. The van der Waals surface area contributed by atoms with Crippen molar-refractivity contribution in [2.45, 2.75) is 30.8 Å². The van der Waals surface area contributed by atoms with Crippen molar-refractivity contribution in [3.63, 3.8) is 0 Å². The van der Waals surface area contributed by atoms with E-state index in [4.69, 9.17) is 0 Å². The van der Waals surface area contributed by atoms with Gasteiger partial charge in [-0.05, 0) is 20.3 Å². The second-order valence-electron chi connectivity index (χ2n) is 3.66. The van der Waals surface area contributed by atoms with Crippen LogP contribution in [-0.2, 0) is 19.7 Å². The number of hydrogen-bond donors (Lipinski definition) is 0.